The summed E-state index contributed by atoms with van der Waals surface area (Å²) in [6, 6.07) is 11.7. The largest absolute Gasteiger partial charge is 0.493 e. The Kier molecular flexibility index (Phi) is 5.43. The fourth-order valence-electron chi connectivity index (χ4n) is 4.17. The highest BCUT2D eigenvalue weighted by Crippen LogP contribution is 2.33. The van der Waals surface area contributed by atoms with Crippen molar-refractivity contribution in [3.63, 3.8) is 0 Å². The van der Waals surface area contributed by atoms with Gasteiger partial charge in [-0.2, -0.15) is 0 Å². The number of fused-ring (bicyclic) bond motifs is 2. The predicted octanol–water partition coefficient (Wildman–Crippen LogP) is 3.02. The quantitative estimate of drug-likeness (QED) is 0.756. The van der Waals surface area contributed by atoms with Crippen molar-refractivity contribution in [3.05, 3.63) is 58.7 Å². The standard InChI is InChI=1S/C23H26N2O4/c1-28-20-12-16-9-11-24(15-18(16)13-21(20)29-2)22(26)8-5-10-25-14-17-6-3-4-7-19(17)23(25)27/h3-4,6-7,12-13H,5,8-11,14-15H2,1-2H3. The Bertz CT molecular complexity index is 940. The van der Waals surface area contributed by atoms with Crippen molar-refractivity contribution in [2.24, 2.45) is 0 Å². The average molecular weight is 394 g/mol. The van der Waals surface area contributed by atoms with Crippen molar-refractivity contribution in [2.45, 2.75) is 32.4 Å². The fourth-order valence-corrected chi connectivity index (χ4v) is 4.17. The van der Waals surface area contributed by atoms with E-state index < -0.39 is 0 Å². The zero-order valence-corrected chi connectivity index (χ0v) is 16.9. The van der Waals surface area contributed by atoms with Crippen LogP contribution in [0.1, 0.15) is 39.9 Å². The molecule has 2 amide bonds. The molecule has 0 saturated heterocycles. The van der Waals surface area contributed by atoms with Crippen LogP contribution in [0, 0.1) is 0 Å². The molecule has 0 unspecified atom stereocenters. The highest BCUT2D eigenvalue weighted by Gasteiger charge is 2.27. The third kappa shape index (κ3) is 3.79. The number of amides is 2. The minimum atomic E-state index is 0.0704. The van der Waals surface area contributed by atoms with Crippen molar-refractivity contribution in [1.29, 1.82) is 0 Å². The Morgan fingerprint density at radius 3 is 2.45 bits per heavy atom. The molecule has 0 spiro atoms. The van der Waals surface area contributed by atoms with E-state index in [0.29, 0.717) is 44.8 Å². The molecule has 0 saturated carbocycles. The van der Waals surface area contributed by atoms with E-state index in [2.05, 4.69) is 0 Å². The van der Waals surface area contributed by atoms with Gasteiger partial charge in [0.2, 0.25) is 5.91 Å². The van der Waals surface area contributed by atoms with E-state index in [1.807, 2.05) is 46.2 Å². The van der Waals surface area contributed by atoms with Gasteiger partial charge in [-0.05, 0) is 47.7 Å². The van der Waals surface area contributed by atoms with Gasteiger partial charge >= 0.3 is 0 Å². The molecule has 0 radical (unpaired) electrons. The Hall–Kier alpha value is -3.02. The molecule has 0 aromatic heterocycles. The summed E-state index contributed by atoms with van der Waals surface area (Å²) in [4.78, 5) is 28.9. The van der Waals surface area contributed by atoms with Gasteiger partial charge in [-0.3, -0.25) is 9.59 Å². The molecule has 0 fully saturated rings. The number of rotatable bonds is 6. The second kappa shape index (κ2) is 8.15. The first kappa shape index (κ1) is 19.3. The minimum absolute atomic E-state index is 0.0704. The van der Waals surface area contributed by atoms with Gasteiger partial charge in [-0.25, -0.2) is 0 Å². The maximum absolute atomic E-state index is 12.7. The number of hydrogen-bond donors (Lipinski definition) is 0. The van der Waals surface area contributed by atoms with Crippen molar-refractivity contribution >= 4 is 11.8 Å². The molecule has 6 heteroatoms. The average Bonchev–Trinajstić information content (AvgIpc) is 3.08. The van der Waals surface area contributed by atoms with E-state index in [1.54, 1.807) is 14.2 Å². The first-order valence-electron chi connectivity index (χ1n) is 9.99. The number of carbonyl (C=O) groups excluding carboxylic acids is 2. The lowest BCUT2D eigenvalue weighted by molar-refractivity contribution is -0.132. The third-order valence-corrected chi connectivity index (χ3v) is 5.79. The zero-order valence-electron chi connectivity index (χ0n) is 16.9. The second-order valence-electron chi connectivity index (χ2n) is 7.53. The van der Waals surface area contributed by atoms with Crippen molar-refractivity contribution < 1.29 is 19.1 Å². The van der Waals surface area contributed by atoms with E-state index >= 15 is 0 Å². The highest BCUT2D eigenvalue weighted by atomic mass is 16.5. The first-order valence-corrected chi connectivity index (χ1v) is 9.99. The molecule has 4 rings (SSSR count). The summed E-state index contributed by atoms with van der Waals surface area (Å²) >= 11 is 0. The summed E-state index contributed by atoms with van der Waals surface area (Å²) < 4.78 is 10.8. The number of carbonyl (C=O) groups is 2. The monoisotopic (exact) mass is 394 g/mol. The predicted molar refractivity (Wildman–Crippen MR) is 109 cm³/mol. The lowest BCUT2D eigenvalue weighted by atomic mass is 9.98. The Balaban J connectivity index is 1.32. The van der Waals surface area contributed by atoms with E-state index in [1.165, 1.54) is 5.56 Å². The third-order valence-electron chi connectivity index (χ3n) is 5.79. The van der Waals surface area contributed by atoms with Crippen LogP contribution in [0.2, 0.25) is 0 Å². The molecular formula is C23H26N2O4. The van der Waals surface area contributed by atoms with Crippen LogP contribution in [0.25, 0.3) is 0 Å². The summed E-state index contributed by atoms with van der Waals surface area (Å²) in [5, 5.41) is 0. The van der Waals surface area contributed by atoms with E-state index in [-0.39, 0.29) is 11.8 Å². The summed E-state index contributed by atoms with van der Waals surface area (Å²) in [6.07, 6.45) is 1.93. The maximum atomic E-state index is 12.7. The van der Waals surface area contributed by atoms with E-state index in [0.717, 1.165) is 28.9 Å². The van der Waals surface area contributed by atoms with Gasteiger partial charge in [0, 0.05) is 38.2 Å². The molecule has 0 N–H and O–H groups in total. The van der Waals surface area contributed by atoms with Gasteiger partial charge in [0.1, 0.15) is 0 Å². The zero-order chi connectivity index (χ0) is 20.4. The molecule has 2 aromatic carbocycles. The van der Waals surface area contributed by atoms with Gasteiger partial charge in [0.15, 0.2) is 11.5 Å². The molecule has 29 heavy (non-hydrogen) atoms. The van der Waals surface area contributed by atoms with Gasteiger partial charge in [-0.1, -0.05) is 18.2 Å². The van der Waals surface area contributed by atoms with E-state index in [9.17, 15) is 9.59 Å². The van der Waals surface area contributed by atoms with Crippen LogP contribution >= 0.6 is 0 Å². The molecule has 152 valence electrons. The number of benzene rings is 2. The minimum Gasteiger partial charge on any atom is -0.493 e. The van der Waals surface area contributed by atoms with Gasteiger partial charge in [-0.15, -0.1) is 0 Å². The van der Waals surface area contributed by atoms with Gasteiger partial charge in [0.25, 0.3) is 5.91 Å². The SMILES string of the molecule is COc1cc2c(cc1OC)CN(C(=O)CCCN1Cc3ccccc3C1=O)CC2. The smallest absolute Gasteiger partial charge is 0.254 e. The molecule has 2 aromatic rings. The Morgan fingerprint density at radius 2 is 1.72 bits per heavy atom. The second-order valence-corrected chi connectivity index (χ2v) is 7.53. The number of nitrogens with zero attached hydrogens (tertiary/aromatic N) is 2. The van der Waals surface area contributed by atoms with E-state index in [4.69, 9.17) is 9.47 Å². The van der Waals surface area contributed by atoms with Crippen LogP contribution in [0.4, 0.5) is 0 Å². The van der Waals surface area contributed by atoms with Crippen LogP contribution < -0.4 is 9.47 Å². The lowest BCUT2D eigenvalue weighted by Crippen LogP contribution is -2.36. The van der Waals surface area contributed by atoms with Crippen LogP contribution in [0.15, 0.2) is 36.4 Å². The van der Waals surface area contributed by atoms with Crippen LogP contribution in [0.5, 0.6) is 11.5 Å². The van der Waals surface area contributed by atoms with Gasteiger partial charge in [0.05, 0.1) is 14.2 Å². The summed E-state index contributed by atoms with van der Waals surface area (Å²) in [6.45, 7) is 2.54. The van der Waals surface area contributed by atoms with Crippen LogP contribution in [-0.4, -0.2) is 48.9 Å². The van der Waals surface area contributed by atoms with Crippen molar-refractivity contribution in [1.82, 2.24) is 9.80 Å². The molecule has 0 aliphatic carbocycles. The summed E-state index contributed by atoms with van der Waals surface area (Å²) in [5.41, 5.74) is 4.16. The number of methoxy groups -OCH3 is 2. The molecule has 0 atom stereocenters. The molecule has 0 bridgehead atoms. The summed E-state index contributed by atoms with van der Waals surface area (Å²) in [7, 11) is 3.25. The Morgan fingerprint density at radius 1 is 1.00 bits per heavy atom. The lowest BCUT2D eigenvalue weighted by Gasteiger charge is -2.30. The van der Waals surface area contributed by atoms with Crippen LogP contribution in [-0.2, 0) is 24.3 Å². The van der Waals surface area contributed by atoms with Crippen molar-refractivity contribution in [3.8, 4) is 11.5 Å². The van der Waals surface area contributed by atoms with Gasteiger partial charge < -0.3 is 19.3 Å². The molecule has 2 heterocycles. The first-order chi connectivity index (χ1) is 14.1. The maximum Gasteiger partial charge on any atom is 0.254 e. The topological polar surface area (TPSA) is 59.1 Å². The fraction of sp³-hybridized carbons (Fsp3) is 0.391. The van der Waals surface area contributed by atoms with Crippen LogP contribution in [0.3, 0.4) is 0 Å². The molecule has 2 aliphatic rings. The number of ether oxygens (including phenoxy) is 2. The molecular weight excluding hydrogens is 368 g/mol. The summed E-state index contributed by atoms with van der Waals surface area (Å²) in [5.74, 6) is 1.62. The molecule has 6 nitrogen and oxygen atoms in total. The molecule has 2 aliphatic heterocycles. The number of hydrogen-bond acceptors (Lipinski definition) is 4. The van der Waals surface area contributed by atoms with Crippen molar-refractivity contribution in [2.75, 3.05) is 27.3 Å². The normalized spacial score (nSPS) is 15.2. The Labute approximate surface area is 171 Å². The highest BCUT2D eigenvalue weighted by molar-refractivity contribution is 5.98.